The number of nitrogens with two attached hydrogens (primary N) is 1. The van der Waals surface area contributed by atoms with Gasteiger partial charge in [0.2, 0.25) is 0 Å². The fourth-order valence-electron chi connectivity index (χ4n) is 1.78. The average molecular weight is 412 g/mol. The molecule has 2 amide bonds. The predicted molar refractivity (Wildman–Crippen MR) is 99.4 cm³/mol. The Labute approximate surface area is 164 Å². The van der Waals surface area contributed by atoms with Crippen molar-refractivity contribution in [2.75, 3.05) is 18.9 Å². The average Bonchev–Trinajstić information content (AvgIpc) is 2.66. The minimum Gasteiger partial charge on any atom is -0.484 e. The van der Waals surface area contributed by atoms with E-state index < -0.39 is 24.4 Å². The van der Waals surface area contributed by atoms with Gasteiger partial charge >= 0.3 is 5.97 Å². The number of carbonyl (C=O) groups excluding carboxylic acids is 3. The second kappa shape index (κ2) is 9.65. The highest BCUT2D eigenvalue weighted by atomic mass is 35.5. The fraction of sp³-hybridized carbons (Fsp3) is 0.118. The van der Waals surface area contributed by atoms with Crippen LogP contribution in [-0.2, 0) is 14.3 Å². The molecule has 2 aromatic rings. The zero-order valence-corrected chi connectivity index (χ0v) is 15.3. The number of esters is 1. The van der Waals surface area contributed by atoms with Gasteiger partial charge in [-0.05, 0) is 42.5 Å². The van der Waals surface area contributed by atoms with Gasteiger partial charge in [-0.15, -0.1) is 0 Å². The summed E-state index contributed by atoms with van der Waals surface area (Å²) in [7, 11) is 0. The number of rotatable bonds is 6. The molecule has 0 unspecified atom stereocenters. The molecule has 0 fully saturated rings. The Morgan fingerprint density at radius 1 is 0.926 bits per heavy atom. The fourth-order valence-corrected chi connectivity index (χ4v) is 2.02. The van der Waals surface area contributed by atoms with Gasteiger partial charge in [-0.25, -0.2) is 4.79 Å². The molecule has 0 aliphatic heterocycles. The maximum atomic E-state index is 11.8. The molecule has 2 rings (SSSR count). The van der Waals surface area contributed by atoms with Crippen molar-refractivity contribution in [3.63, 3.8) is 0 Å². The first-order valence-electron chi connectivity index (χ1n) is 7.53. The topological polar surface area (TPSA) is 120 Å². The second-order valence-electron chi connectivity index (χ2n) is 5.15. The molecule has 0 bridgehead atoms. The van der Waals surface area contributed by atoms with Crippen LogP contribution in [0.4, 0.5) is 5.69 Å². The molecule has 0 saturated heterocycles. The standard InChI is InChI=1S/C17H15Cl2N3O5/c18-11-2-4-12(5-3-11)26-8-15(23)21-22-16(24)9-27-17(25)10-1-6-13(19)14(20)7-10/h1-7H,8-9,20H2,(H,21,23)(H,22,24). The lowest BCUT2D eigenvalue weighted by molar-refractivity contribution is -0.131. The predicted octanol–water partition coefficient (Wildman–Crippen LogP) is 1.96. The quantitative estimate of drug-likeness (QED) is 0.379. The van der Waals surface area contributed by atoms with E-state index in [1.165, 1.54) is 18.2 Å². The molecular weight excluding hydrogens is 397 g/mol. The van der Waals surface area contributed by atoms with Crippen LogP contribution in [0.3, 0.4) is 0 Å². The van der Waals surface area contributed by atoms with Gasteiger partial charge in [0, 0.05) is 5.02 Å². The third-order valence-corrected chi connectivity index (χ3v) is 3.69. The van der Waals surface area contributed by atoms with Crippen molar-refractivity contribution in [3.8, 4) is 5.75 Å². The van der Waals surface area contributed by atoms with E-state index in [-0.39, 0.29) is 17.9 Å². The van der Waals surface area contributed by atoms with Crippen LogP contribution in [0, 0.1) is 0 Å². The van der Waals surface area contributed by atoms with E-state index in [0.717, 1.165) is 0 Å². The van der Waals surface area contributed by atoms with Gasteiger partial charge in [0.25, 0.3) is 11.8 Å². The van der Waals surface area contributed by atoms with Gasteiger partial charge < -0.3 is 15.2 Å². The first kappa shape index (κ1) is 20.3. The van der Waals surface area contributed by atoms with Gasteiger partial charge in [0.1, 0.15) is 5.75 Å². The minimum absolute atomic E-state index is 0.144. The highest BCUT2D eigenvalue weighted by Crippen LogP contribution is 2.19. The zero-order chi connectivity index (χ0) is 19.8. The molecule has 0 aliphatic carbocycles. The maximum Gasteiger partial charge on any atom is 0.338 e. The molecule has 0 radical (unpaired) electrons. The highest BCUT2D eigenvalue weighted by Gasteiger charge is 2.12. The number of nitrogen functional groups attached to an aromatic ring is 1. The van der Waals surface area contributed by atoms with Gasteiger partial charge in [-0.3, -0.25) is 20.4 Å². The second-order valence-corrected chi connectivity index (χ2v) is 6.00. The molecule has 142 valence electrons. The number of ether oxygens (including phenoxy) is 2. The van der Waals surface area contributed by atoms with E-state index in [0.29, 0.717) is 15.8 Å². The van der Waals surface area contributed by atoms with Gasteiger partial charge in [-0.1, -0.05) is 23.2 Å². The van der Waals surface area contributed by atoms with Crippen LogP contribution in [0.2, 0.25) is 10.0 Å². The van der Waals surface area contributed by atoms with E-state index in [1.807, 2.05) is 0 Å². The first-order chi connectivity index (χ1) is 12.8. The van der Waals surface area contributed by atoms with Gasteiger partial charge in [-0.2, -0.15) is 0 Å². The molecule has 2 aromatic carbocycles. The van der Waals surface area contributed by atoms with E-state index in [4.69, 9.17) is 38.4 Å². The van der Waals surface area contributed by atoms with Crippen LogP contribution in [0.1, 0.15) is 10.4 Å². The highest BCUT2D eigenvalue weighted by molar-refractivity contribution is 6.33. The Morgan fingerprint density at radius 2 is 1.56 bits per heavy atom. The van der Waals surface area contributed by atoms with Crippen LogP contribution in [0.25, 0.3) is 0 Å². The van der Waals surface area contributed by atoms with Crippen molar-refractivity contribution in [2.24, 2.45) is 0 Å². The number of hydrogen-bond acceptors (Lipinski definition) is 6. The Bertz CT molecular complexity index is 843. The largest absolute Gasteiger partial charge is 0.484 e. The summed E-state index contributed by atoms with van der Waals surface area (Å²) >= 11 is 11.5. The lowest BCUT2D eigenvalue weighted by Gasteiger charge is -2.09. The number of hydrogen-bond donors (Lipinski definition) is 3. The Morgan fingerprint density at radius 3 is 2.19 bits per heavy atom. The molecule has 0 heterocycles. The SMILES string of the molecule is Nc1cc(C(=O)OCC(=O)NNC(=O)COc2ccc(Cl)cc2)ccc1Cl. The lowest BCUT2D eigenvalue weighted by Crippen LogP contribution is -2.45. The number of amides is 2. The number of carbonyl (C=O) groups is 3. The molecule has 8 nitrogen and oxygen atoms in total. The van der Waals surface area contributed by atoms with Crippen LogP contribution in [0.5, 0.6) is 5.75 Å². The van der Waals surface area contributed by atoms with E-state index >= 15 is 0 Å². The van der Waals surface area contributed by atoms with E-state index in [2.05, 4.69) is 10.9 Å². The van der Waals surface area contributed by atoms with Crippen LogP contribution < -0.4 is 21.3 Å². The summed E-state index contributed by atoms with van der Waals surface area (Å²) in [5.74, 6) is -1.65. The van der Waals surface area contributed by atoms with Crippen molar-refractivity contribution >= 4 is 46.7 Å². The molecule has 0 aliphatic rings. The van der Waals surface area contributed by atoms with Gasteiger partial charge in [0.15, 0.2) is 13.2 Å². The normalized spacial score (nSPS) is 10.0. The Hall–Kier alpha value is -2.97. The Balaban J connectivity index is 1.69. The lowest BCUT2D eigenvalue weighted by atomic mass is 10.2. The van der Waals surface area contributed by atoms with Crippen molar-refractivity contribution in [1.29, 1.82) is 0 Å². The molecular formula is C17H15Cl2N3O5. The first-order valence-corrected chi connectivity index (χ1v) is 8.29. The third-order valence-electron chi connectivity index (χ3n) is 3.09. The maximum absolute atomic E-state index is 11.8. The van der Waals surface area contributed by atoms with Crippen molar-refractivity contribution in [1.82, 2.24) is 10.9 Å². The van der Waals surface area contributed by atoms with Crippen LogP contribution in [-0.4, -0.2) is 31.0 Å². The summed E-state index contributed by atoms with van der Waals surface area (Å²) in [5, 5.41) is 0.836. The number of benzene rings is 2. The molecule has 0 aromatic heterocycles. The molecule has 0 spiro atoms. The summed E-state index contributed by atoms with van der Waals surface area (Å²) in [6.07, 6.45) is 0. The monoisotopic (exact) mass is 411 g/mol. The summed E-state index contributed by atoms with van der Waals surface area (Å²) in [5.41, 5.74) is 10.2. The zero-order valence-electron chi connectivity index (χ0n) is 13.8. The van der Waals surface area contributed by atoms with Crippen molar-refractivity contribution in [3.05, 3.63) is 58.1 Å². The van der Waals surface area contributed by atoms with Crippen molar-refractivity contribution < 1.29 is 23.9 Å². The van der Waals surface area contributed by atoms with Crippen LogP contribution in [0.15, 0.2) is 42.5 Å². The minimum atomic E-state index is -0.758. The van der Waals surface area contributed by atoms with Gasteiger partial charge in [0.05, 0.1) is 16.3 Å². The van der Waals surface area contributed by atoms with Crippen LogP contribution >= 0.6 is 23.2 Å². The van der Waals surface area contributed by atoms with E-state index in [1.54, 1.807) is 24.3 Å². The van der Waals surface area contributed by atoms with E-state index in [9.17, 15) is 14.4 Å². The molecule has 27 heavy (non-hydrogen) atoms. The summed E-state index contributed by atoms with van der Waals surface area (Å²) < 4.78 is 10.0. The molecule has 0 atom stereocenters. The summed E-state index contributed by atoms with van der Waals surface area (Å²) in [6.45, 7) is -0.925. The smallest absolute Gasteiger partial charge is 0.338 e. The number of halogens is 2. The number of nitrogens with one attached hydrogen (secondary N) is 2. The Kier molecular flexibility index (Phi) is 7.27. The van der Waals surface area contributed by atoms with Crippen molar-refractivity contribution in [2.45, 2.75) is 0 Å². The molecule has 0 saturated carbocycles. The number of anilines is 1. The number of hydrazine groups is 1. The summed E-state index contributed by atoms with van der Waals surface area (Å²) in [6, 6.07) is 10.6. The summed E-state index contributed by atoms with van der Waals surface area (Å²) in [4.78, 5) is 35.0. The molecule has 4 N–H and O–H groups in total. The third kappa shape index (κ3) is 6.69. The molecule has 10 heteroatoms.